The van der Waals surface area contributed by atoms with Crippen LogP contribution >= 0.6 is 11.8 Å². The molecule has 0 saturated carbocycles. The number of ether oxygens (including phenoxy) is 1. The largest absolute Gasteiger partial charge is 0.369 e. The van der Waals surface area contributed by atoms with Gasteiger partial charge in [-0.3, -0.25) is 4.79 Å². The van der Waals surface area contributed by atoms with Gasteiger partial charge in [-0.05, 0) is 0 Å². The first-order valence-corrected chi connectivity index (χ1v) is 4.43. The summed E-state index contributed by atoms with van der Waals surface area (Å²) in [6.07, 6.45) is 0. The predicted octanol–water partition coefficient (Wildman–Crippen LogP) is -0.382. The van der Waals surface area contributed by atoms with Crippen molar-refractivity contribution in [1.82, 2.24) is 5.32 Å². The fraction of sp³-hybridized carbons (Fsp3) is 0.833. The average Bonchev–Trinajstić information content (AvgIpc) is 1.85. The number of thioether (sulfide) groups is 1. The van der Waals surface area contributed by atoms with Crippen molar-refractivity contribution in [2.75, 3.05) is 24.7 Å². The van der Waals surface area contributed by atoms with E-state index in [4.69, 9.17) is 4.74 Å². The zero-order valence-corrected chi connectivity index (χ0v) is 6.37. The maximum Gasteiger partial charge on any atom is 0.246 e. The molecule has 2 aliphatic heterocycles. The molecule has 0 aliphatic carbocycles. The SMILES string of the molecule is O=C1COCC2(CSC2)N1. The van der Waals surface area contributed by atoms with Crippen molar-refractivity contribution in [1.29, 1.82) is 0 Å². The molecule has 1 spiro atoms. The topological polar surface area (TPSA) is 38.3 Å². The van der Waals surface area contributed by atoms with Crippen molar-refractivity contribution in [3.8, 4) is 0 Å². The first kappa shape index (κ1) is 6.49. The van der Waals surface area contributed by atoms with Crippen LogP contribution in [0.25, 0.3) is 0 Å². The molecule has 0 radical (unpaired) electrons. The van der Waals surface area contributed by atoms with Gasteiger partial charge in [-0.25, -0.2) is 0 Å². The molecule has 1 N–H and O–H groups in total. The minimum atomic E-state index is 0.0139. The van der Waals surface area contributed by atoms with E-state index >= 15 is 0 Å². The second kappa shape index (κ2) is 2.13. The third-order valence-corrected chi connectivity index (χ3v) is 3.29. The van der Waals surface area contributed by atoms with E-state index in [1.807, 2.05) is 11.8 Å². The highest BCUT2D eigenvalue weighted by molar-refractivity contribution is 8.00. The Morgan fingerprint density at radius 2 is 2.40 bits per heavy atom. The van der Waals surface area contributed by atoms with Gasteiger partial charge in [-0.15, -0.1) is 0 Å². The van der Waals surface area contributed by atoms with Gasteiger partial charge < -0.3 is 10.1 Å². The molecule has 1 amide bonds. The standard InChI is InChI=1S/C6H9NO2S/c8-5-1-9-2-6(7-5)3-10-4-6/h1-4H2,(H,7,8). The van der Waals surface area contributed by atoms with Crippen LogP contribution in [-0.4, -0.2) is 36.2 Å². The lowest BCUT2D eigenvalue weighted by Gasteiger charge is -2.43. The fourth-order valence-electron chi connectivity index (χ4n) is 1.21. The van der Waals surface area contributed by atoms with Gasteiger partial charge in [0.25, 0.3) is 0 Å². The van der Waals surface area contributed by atoms with Gasteiger partial charge in [0.05, 0.1) is 12.1 Å². The van der Waals surface area contributed by atoms with Gasteiger partial charge in [0.1, 0.15) is 6.61 Å². The number of nitrogens with one attached hydrogen (secondary N) is 1. The first-order valence-electron chi connectivity index (χ1n) is 3.27. The Morgan fingerprint density at radius 1 is 1.60 bits per heavy atom. The van der Waals surface area contributed by atoms with Crippen LogP contribution in [-0.2, 0) is 9.53 Å². The van der Waals surface area contributed by atoms with E-state index in [0.717, 1.165) is 11.5 Å². The monoisotopic (exact) mass is 159 g/mol. The Balaban J connectivity index is 2.02. The smallest absolute Gasteiger partial charge is 0.246 e. The zero-order chi connectivity index (χ0) is 7.03. The number of hydrogen-bond donors (Lipinski definition) is 1. The van der Waals surface area contributed by atoms with Crippen LogP contribution in [0.4, 0.5) is 0 Å². The van der Waals surface area contributed by atoms with E-state index < -0.39 is 0 Å². The van der Waals surface area contributed by atoms with Crippen LogP contribution in [0, 0.1) is 0 Å². The third-order valence-electron chi connectivity index (χ3n) is 1.77. The summed E-state index contributed by atoms with van der Waals surface area (Å²) >= 11 is 1.85. The lowest BCUT2D eigenvalue weighted by atomic mass is 10.0. The van der Waals surface area contributed by atoms with E-state index in [2.05, 4.69) is 5.32 Å². The van der Waals surface area contributed by atoms with Crippen molar-refractivity contribution >= 4 is 17.7 Å². The van der Waals surface area contributed by atoms with Crippen molar-refractivity contribution in [3.63, 3.8) is 0 Å². The van der Waals surface area contributed by atoms with Crippen LogP contribution < -0.4 is 5.32 Å². The highest BCUT2D eigenvalue weighted by Crippen LogP contribution is 2.30. The molecule has 0 aromatic rings. The molecule has 0 aromatic carbocycles. The number of carbonyl (C=O) groups excluding carboxylic acids is 1. The Bertz CT molecular complexity index is 167. The molecule has 0 atom stereocenters. The summed E-state index contributed by atoms with van der Waals surface area (Å²) in [5, 5.41) is 2.94. The van der Waals surface area contributed by atoms with E-state index in [9.17, 15) is 4.79 Å². The first-order chi connectivity index (χ1) is 4.81. The van der Waals surface area contributed by atoms with Crippen molar-refractivity contribution < 1.29 is 9.53 Å². The van der Waals surface area contributed by atoms with Gasteiger partial charge in [0.15, 0.2) is 0 Å². The number of morpholine rings is 1. The second-order valence-corrected chi connectivity index (χ2v) is 3.80. The molecule has 56 valence electrons. The van der Waals surface area contributed by atoms with Crippen LogP contribution in [0.5, 0.6) is 0 Å². The molecule has 3 nitrogen and oxygen atoms in total. The van der Waals surface area contributed by atoms with Crippen molar-refractivity contribution in [3.05, 3.63) is 0 Å². The average molecular weight is 159 g/mol. The molecule has 10 heavy (non-hydrogen) atoms. The second-order valence-electron chi connectivity index (χ2n) is 2.81. The molecule has 0 unspecified atom stereocenters. The van der Waals surface area contributed by atoms with Crippen LogP contribution in [0.1, 0.15) is 0 Å². The predicted molar refractivity (Wildman–Crippen MR) is 39.0 cm³/mol. The number of amides is 1. The molecule has 2 fully saturated rings. The van der Waals surface area contributed by atoms with Gasteiger partial charge in [-0.1, -0.05) is 0 Å². The van der Waals surface area contributed by atoms with Crippen molar-refractivity contribution in [2.24, 2.45) is 0 Å². The summed E-state index contributed by atoms with van der Waals surface area (Å²) in [6.45, 7) is 0.943. The maximum absolute atomic E-state index is 10.8. The Kier molecular flexibility index (Phi) is 1.38. The molecule has 2 heterocycles. The lowest BCUT2D eigenvalue weighted by molar-refractivity contribution is -0.134. The molecule has 2 rings (SSSR count). The van der Waals surface area contributed by atoms with Gasteiger partial charge in [0, 0.05) is 11.5 Å². The number of carbonyl (C=O) groups is 1. The molecule has 0 bridgehead atoms. The Hall–Kier alpha value is -0.220. The summed E-state index contributed by atoms with van der Waals surface area (Å²) in [5.74, 6) is 2.06. The molecule has 2 saturated heterocycles. The Labute approximate surface area is 63.5 Å². The van der Waals surface area contributed by atoms with Crippen molar-refractivity contribution in [2.45, 2.75) is 5.54 Å². The van der Waals surface area contributed by atoms with Gasteiger partial charge in [0.2, 0.25) is 5.91 Å². The zero-order valence-electron chi connectivity index (χ0n) is 5.55. The highest BCUT2D eigenvalue weighted by atomic mass is 32.2. The van der Waals surface area contributed by atoms with E-state index in [-0.39, 0.29) is 18.1 Å². The molecular weight excluding hydrogens is 150 g/mol. The summed E-state index contributed by atoms with van der Waals surface area (Å²) in [7, 11) is 0. The quantitative estimate of drug-likeness (QED) is 0.523. The molecule has 0 aromatic heterocycles. The summed E-state index contributed by atoms with van der Waals surface area (Å²) < 4.78 is 5.11. The minimum absolute atomic E-state index is 0.0139. The molecular formula is C6H9NO2S. The minimum Gasteiger partial charge on any atom is -0.369 e. The van der Waals surface area contributed by atoms with Crippen LogP contribution in [0.15, 0.2) is 0 Å². The summed E-state index contributed by atoms with van der Waals surface area (Å²) in [6, 6.07) is 0. The third kappa shape index (κ3) is 0.914. The maximum atomic E-state index is 10.8. The van der Waals surface area contributed by atoms with E-state index in [1.165, 1.54) is 0 Å². The van der Waals surface area contributed by atoms with E-state index in [1.54, 1.807) is 0 Å². The molecule has 2 aliphatic rings. The number of hydrogen-bond acceptors (Lipinski definition) is 3. The van der Waals surface area contributed by atoms with Gasteiger partial charge >= 0.3 is 0 Å². The van der Waals surface area contributed by atoms with Crippen LogP contribution in [0.3, 0.4) is 0 Å². The van der Waals surface area contributed by atoms with Crippen LogP contribution in [0.2, 0.25) is 0 Å². The fourth-order valence-corrected chi connectivity index (χ4v) is 2.22. The molecule has 4 heteroatoms. The van der Waals surface area contributed by atoms with Gasteiger partial charge in [-0.2, -0.15) is 11.8 Å². The lowest BCUT2D eigenvalue weighted by Crippen LogP contribution is -2.64. The highest BCUT2D eigenvalue weighted by Gasteiger charge is 2.41. The summed E-state index contributed by atoms with van der Waals surface area (Å²) in [4.78, 5) is 10.8. The normalized spacial score (nSPS) is 29.4. The van der Waals surface area contributed by atoms with E-state index in [0.29, 0.717) is 6.61 Å². The summed E-state index contributed by atoms with van der Waals surface area (Å²) in [5.41, 5.74) is 0.0139. The number of rotatable bonds is 0. The Morgan fingerprint density at radius 3 is 2.80 bits per heavy atom.